The number of aliphatic carboxylic acids is 1. The molecule has 0 aliphatic heterocycles. The van der Waals surface area contributed by atoms with Gasteiger partial charge < -0.3 is 9.84 Å². The number of hydrogen-bond donors (Lipinski definition) is 1. The van der Waals surface area contributed by atoms with Crippen LogP contribution in [-0.4, -0.2) is 17.0 Å². The van der Waals surface area contributed by atoms with Crippen molar-refractivity contribution in [1.29, 1.82) is 0 Å². The Bertz CT molecular complexity index is 513. The molecule has 1 aromatic rings. The van der Waals surface area contributed by atoms with E-state index >= 15 is 0 Å². The molecule has 0 aromatic heterocycles. The largest absolute Gasteiger partial charge is 0.481 e. The van der Waals surface area contributed by atoms with E-state index in [0.717, 1.165) is 11.1 Å². The van der Waals surface area contributed by atoms with Crippen molar-refractivity contribution in [2.75, 3.05) is 0 Å². The monoisotopic (exact) mass is 292 g/mol. The van der Waals surface area contributed by atoms with Crippen molar-refractivity contribution in [3.63, 3.8) is 0 Å². The highest BCUT2D eigenvalue weighted by atomic mass is 16.5. The topological polar surface area (TPSA) is 63.6 Å². The van der Waals surface area contributed by atoms with E-state index < -0.39 is 18.4 Å². The van der Waals surface area contributed by atoms with Crippen molar-refractivity contribution < 1.29 is 19.4 Å². The molecule has 0 unspecified atom stereocenters. The molecular weight excluding hydrogens is 268 g/mol. The Kier molecular flexibility index (Phi) is 4.82. The normalized spacial score (nSPS) is 12.1. The third kappa shape index (κ3) is 4.59. The van der Waals surface area contributed by atoms with Crippen LogP contribution in [0.3, 0.4) is 0 Å². The van der Waals surface area contributed by atoms with Gasteiger partial charge in [0, 0.05) is 11.1 Å². The summed E-state index contributed by atoms with van der Waals surface area (Å²) in [5.41, 5.74) is 1.38. The Morgan fingerprint density at radius 1 is 1.00 bits per heavy atom. The number of ether oxygens (including phenoxy) is 1. The van der Waals surface area contributed by atoms with Crippen molar-refractivity contribution in [1.82, 2.24) is 0 Å². The lowest BCUT2D eigenvalue weighted by Gasteiger charge is -2.28. The van der Waals surface area contributed by atoms with Crippen LogP contribution >= 0.6 is 0 Å². The number of esters is 1. The molecule has 116 valence electrons. The molecule has 0 saturated carbocycles. The first-order valence-corrected chi connectivity index (χ1v) is 6.99. The molecule has 4 nitrogen and oxygen atoms in total. The lowest BCUT2D eigenvalue weighted by atomic mass is 9.79. The fraction of sp³-hybridized carbons (Fsp3) is 0.529. The average Bonchev–Trinajstić information content (AvgIpc) is 2.24. The van der Waals surface area contributed by atoms with Crippen LogP contribution < -0.4 is 4.74 Å². The molecule has 0 saturated heterocycles. The van der Waals surface area contributed by atoms with Crippen molar-refractivity contribution >= 4 is 11.9 Å². The molecule has 21 heavy (non-hydrogen) atoms. The van der Waals surface area contributed by atoms with E-state index in [4.69, 9.17) is 9.84 Å². The zero-order valence-electron chi connectivity index (χ0n) is 13.6. The highest BCUT2D eigenvalue weighted by molar-refractivity contribution is 5.91. The van der Waals surface area contributed by atoms with Crippen molar-refractivity contribution in [2.24, 2.45) is 0 Å². The Hall–Kier alpha value is -1.84. The second-order valence-corrected chi connectivity index (χ2v) is 7.23. The van der Waals surface area contributed by atoms with E-state index in [-0.39, 0.29) is 10.8 Å². The molecule has 0 aliphatic carbocycles. The minimum atomic E-state index is -1.19. The third-order valence-corrected chi connectivity index (χ3v) is 3.14. The van der Waals surface area contributed by atoms with Gasteiger partial charge in [-0.3, -0.25) is 9.59 Å². The zero-order chi connectivity index (χ0) is 16.4. The van der Waals surface area contributed by atoms with Crippen LogP contribution in [0, 0.1) is 0 Å². The fourth-order valence-corrected chi connectivity index (χ4v) is 2.10. The maximum absolute atomic E-state index is 11.8. The minimum Gasteiger partial charge on any atom is -0.481 e. The van der Waals surface area contributed by atoms with Crippen LogP contribution in [0.2, 0.25) is 0 Å². The molecule has 1 rings (SSSR count). The van der Waals surface area contributed by atoms with E-state index in [1.165, 1.54) is 0 Å². The molecular formula is C17H24O4. The number of carboxylic acids is 1. The maximum Gasteiger partial charge on any atom is 0.322 e. The second-order valence-electron chi connectivity index (χ2n) is 7.23. The molecule has 0 radical (unpaired) electrons. The fourth-order valence-electron chi connectivity index (χ4n) is 2.10. The predicted molar refractivity (Wildman–Crippen MR) is 81.7 cm³/mol. The lowest BCUT2D eigenvalue weighted by molar-refractivity contribution is -0.145. The molecule has 0 heterocycles. The standard InChI is InChI=1S/C17H24O4/c1-16(2,3)11-8-7-9-12(17(4,5)6)15(11)21-14(20)10-13(18)19/h7-9H,10H2,1-6H3,(H,18,19). The number of carbonyl (C=O) groups excluding carboxylic acids is 1. The molecule has 0 aliphatic rings. The number of rotatable bonds is 3. The summed E-state index contributed by atoms with van der Waals surface area (Å²) in [6, 6.07) is 5.77. The highest BCUT2D eigenvalue weighted by Gasteiger charge is 2.28. The maximum atomic E-state index is 11.8. The number of carboxylic acid groups (broad SMARTS) is 1. The van der Waals surface area contributed by atoms with Crippen LogP contribution in [0.25, 0.3) is 0 Å². The summed E-state index contributed by atoms with van der Waals surface area (Å²) in [4.78, 5) is 22.4. The van der Waals surface area contributed by atoms with Crippen LogP contribution in [0.1, 0.15) is 59.1 Å². The summed E-state index contributed by atoms with van der Waals surface area (Å²) in [7, 11) is 0. The van der Waals surface area contributed by atoms with Crippen molar-refractivity contribution in [2.45, 2.75) is 58.8 Å². The smallest absolute Gasteiger partial charge is 0.322 e. The van der Waals surface area contributed by atoms with Crippen LogP contribution in [0.15, 0.2) is 18.2 Å². The number of benzene rings is 1. The SMILES string of the molecule is CC(C)(C)c1cccc(C(C)(C)C)c1OC(=O)CC(=O)O. The quantitative estimate of drug-likeness (QED) is 0.524. The van der Waals surface area contributed by atoms with Crippen LogP contribution in [-0.2, 0) is 20.4 Å². The highest BCUT2D eigenvalue weighted by Crippen LogP contribution is 2.39. The summed E-state index contributed by atoms with van der Waals surface area (Å²) in [6.45, 7) is 12.2. The molecule has 1 N–H and O–H groups in total. The third-order valence-electron chi connectivity index (χ3n) is 3.14. The van der Waals surface area contributed by atoms with Gasteiger partial charge in [0.05, 0.1) is 0 Å². The van der Waals surface area contributed by atoms with Crippen LogP contribution in [0.5, 0.6) is 5.75 Å². The first-order chi connectivity index (χ1) is 9.43. The Morgan fingerprint density at radius 2 is 1.43 bits per heavy atom. The second kappa shape index (κ2) is 5.88. The molecule has 0 atom stereocenters. The van der Waals surface area contributed by atoms with Crippen molar-refractivity contribution in [3.8, 4) is 5.75 Å². The molecule has 0 fully saturated rings. The molecule has 0 spiro atoms. The summed E-state index contributed by atoms with van der Waals surface area (Å²) in [6.07, 6.45) is -0.637. The Morgan fingerprint density at radius 3 is 1.76 bits per heavy atom. The van der Waals surface area contributed by atoms with Gasteiger partial charge in [-0.2, -0.15) is 0 Å². The van der Waals surface area contributed by atoms with Gasteiger partial charge in [0.2, 0.25) is 0 Å². The van der Waals surface area contributed by atoms with Gasteiger partial charge in [-0.1, -0.05) is 59.7 Å². The zero-order valence-corrected chi connectivity index (χ0v) is 13.6. The predicted octanol–water partition coefficient (Wildman–Crippen LogP) is 3.66. The lowest BCUT2D eigenvalue weighted by Crippen LogP contribution is -2.22. The molecule has 1 aromatic carbocycles. The number of para-hydroxylation sites is 1. The summed E-state index contributed by atoms with van der Waals surface area (Å²) >= 11 is 0. The van der Waals surface area contributed by atoms with Gasteiger partial charge in [0.15, 0.2) is 0 Å². The van der Waals surface area contributed by atoms with Gasteiger partial charge in [-0.15, -0.1) is 0 Å². The first kappa shape index (κ1) is 17.2. The molecule has 0 amide bonds. The molecule has 4 heteroatoms. The van der Waals surface area contributed by atoms with Crippen LogP contribution in [0.4, 0.5) is 0 Å². The van der Waals surface area contributed by atoms with Gasteiger partial charge in [0.1, 0.15) is 12.2 Å². The minimum absolute atomic E-state index is 0.208. The van der Waals surface area contributed by atoms with Gasteiger partial charge >= 0.3 is 11.9 Å². The Labute approximate surface area is 126 Å². The summed E-state index contributed by atoms with van der Waals surface area (Å²) < 4.78 is 5.42. The number of hydrogen-bond acceptors (Lipinski definition) is 3. The summed E-state index contributed by atoms with van der Waals surface area (Å²) in [5.74, 6) is -1.45. The van der Waals surface area contributed by atoms with Gasteiger partial charge in [-0.25, -0.2) is 0 Å². The Balaban J connectivity index is 3.37. The van der Waals surface area contributed by atoms with E-state index in [2.05, 4.69) is 0 Å². The van der Waals surface area contributed by atoms with Crippen molar-refractivity contribution in [3.05, 3.63) is 29.3 Å². The van der Waals surface area contributed by atoms with E-state index in [0.29, 0.717) is 5.75 Å². The van der Waals surface area contributed by atoms with E-state index in [9.17, 15) is 9.59 Å². The van der Waals surface area contributed by atoms with E-state index in [1.807, 2.05) is 59.7 Å². The van der Waals surface area contributed by atoms with E-state index in [1.54, 1.807) is 0 Å². The first-order valence-electron chi connectivity index (χ1n) is 6.99. The summed E-state index contributed by atoms with van der Waals surface area (Å²) in [5, 5.41) is 8.72. The molecule has 0 bridgehead atoms. The average molecular weight is 292 g/mol. The number of carbonyl (C=O) groups is 2. The van der Waals surface area contributed by atoms with Gasteiger partial charge in [0.25, 0.3) is 0 Å². The van der Waals surface area contributed by atoms with Gasteiger partial charge in [-0.05, 0) is 10.8 Å².